The lowest BCUT2D eigenvalue weighted by Crippen LogP contribution is -2.63. The second-order valence-corrected chi connectivity index (χ2v) is 10.9. The number of sulfonamides is 1. The summed E-state index contributed by atoms with van der Waals surface area (Å²) in [7, 11) is -3.05. The number of rotatable bonds is 5. The summed E-state index contributed by atoms with van der Waals surface area (Å²) in [5.74, 6) is 0.289. The Balaban J connectivity index is 1.47. The second-order valence-electron chi connectivity index (χ2n) is 8.85. The zero-order valence-corrected chi connectivity index (χ0v) is 17.5. The molecule has 4 nitrogen and oxygen atoms in total. The average Bonchev–Trinajstić information content (AvgIpc) is 2.68. The van der Waals surface area contributed by atoms with E-state index in [-0.39, 0.29) is 5.75 Å². The van der Waals surface area contributed by atoms with E-state index < -0.39 is 10.0 Å². The maximum atomic E-state index is 12.4. The van der Waals surface area contributed by atoms with Gasteiger partial charge in [0.2, 0.25) is 10.0 Å². The third-order valence-electron chi connectivity index (χ3n) is 7.12. The topological polar surface area (TPSA) is 40.6 Å². The molecular formula is C22H34N2O2S. The summed E-state index contributed by atoms with van der Waals surface area (Å²) in [6.07, 6.45) is 9.48. The zero-order chi connectivity index (χ0) is 18.9. The van der Waals surface area contributed by atoms with Crippen molar-refractivity contribution in [1.29, 1.82) is 0 Å². The first-order valence-corrected chi connectivity index (χ1v) is 12.5. The molecule has 1 atom stereocenters. The molecule has 1 aliphatic carbocycles. The first-order chi connectivity index (χ1) is 13.1. The maximum Gasteiger partial charge on any atom is 0.214 e. The fourth-order valence-corrected chi connectivity index (χ4v) is 7.37. The lowest BCUT2D eigenvalue weighted by molar-refractivity contribution is -0.131. The van der Waals surface area contributed by atoms with Gasteiger partial charge in [0.15, 0.2) is 0 Å². The van der Waals surface area contributed by atoms with Crippen LogP contribution in [0.4, 0.5) is 0 Å². The Kier molecular flexibility index (Phi) is 5.64. The minimum atomic E-state index is -3.05. The molecule has 1 unspecified atom stereocenters. The number of hydrogen-bond donors (Lipinski definition) is 0. The molecule has 1 saturated carbocycles. The predicted molar refractivity (Wildman–Crippen MR) is 110 cm³/mol. The molecule has 2 aliphatic heterocycles. The Morgan fingerprint density at radius 2 is 1.70 bits per heavy atom. The van der Waals surface area contributed by atoms with Gasteiger partial charge in [-0.1, -0.05) is 56.5 Å². The number of piperidine rings is 1. The molecule has 4 rings (SSSR count). The van der Waals surface area contributed by atoms with Crippen LogP contribution in [-0.2, 0) is 10.0 Å². The smallest absolute Gasteiger partial charge is 0.214 e. The molecule has 3 aliphatic rings. The van der Waals surface area contributed by atoms with Crippen LogP contribution < -0.4 is 0 Å². The Bertz CT molecular complexity index is 720. The molecule has 0 bridgehead atoms. The minimum absolute atomic E-state index is 0.289. The number of hydrogen-bond acceptors (Lipinski definition) is 3. The van der Waals surface area contributed by atoms with Crippen LogP contribution >= 0.6 is 0 Å². The zero-order valence-electron chi connectivity index (χ0n) is 16.6. The first kappa shape index (κ1) is 19.4. The molecule has 0 radical (unpaired) electrons. The van der Waals surface area contributed by atoms with E-state index in [9.17, 15) is 8.42 Å². The molecule has 1 aromatic rings. The average molecular weight is 391 g/mol. The highest BCUT2D eigenvalue weighted by Gasteiger charge is 2.55. The molecule has 1 aromatic carbocycles. The van der Waals surface area contributed by atoms with Crippen LogP contribution in [0.1, 0.15) is 69.9 Å². The van der Waals surface area contributed by atoms with Crippen molar-refractivity contribution in [3.8, 4) is 0 Å². The van der Waals surface area contributed by atoms with E-state index in [1.807, 2.05) is 6.92 Å². The van der Waals surface area contributed by atoms with Gasteiger partial charge in [0.25, 0.3) is 0 Å². The Morgan fingerprint density at radius 3 is 2.33 bits per heavy atom. The molecule has 27 heavy (non-hydrogen) atoms. The van der Waals surface area contributed by atoms with Crippen molar-refractivity contribution in [2.75, 3.05) is 25.4 Å². The second kappa shape index (κ2) is 7.84. The fourth-order valence-electron chi connectivity index (χ4n) is 5.83. The molecule has 2 heterocycles. The summed E-state index contributed by atoms with van der Waals surface area (Å²) in [5.41, 5.74) is 1.93. The predicted octanol–water partition coefficient (Wildman–Crippen LogP) is 4.20. The van der Waals surface area contributed by atoms with Crippen LogP contribution in [0.25, 0.3) is 0 Å². The van der Waals surface area contributed by atoms with Gasteiger partial charge in [0.05, 0.1) is 5.75 Å². The molecule has 3 fully saturated rings. The Morgan fingerprint density at radius 1 is 1.04 bits per heavy atom. The molecule has 5 heteroatoms. The van der Waals surface area contributed by atoms with Crippen LogP contribution in [0.5, 0.6) is 0 Å². The normalized spacial score (nSPS) is 27.5. The van der Waals surface area contributed by atoms with E-state index in [0.717, 1.165) is 12.8 Å². The summed E-state index contributed by atoms with van der Waals surface area (Å²) in [6.45, 7) is 4.54. The number of nitrogens with zero attached hydrogens (tertiary/aromatic N) is 2. The molecular weight excluding hydrogens is 356 g/mol. The van der Waals surface area contributed by atoms with Crippen LogP contribution in [0, 0.1) is 5.41 Å². The van der Waals surface area contributed by atoms with Gasteiger partial charge in [-0.15, -0.1) is 0 Å². The lowest BCUT2D eigenvalue weighted by atomic mass is 9.60. The van der Waals surface area contributed by atoms with Crippen LogP contribution in [0.15, 0.2) is 30.3 Å². The van der Waals surface area contributed by atoms with E-state index >= 15 is 0 Å². The van der Waals surface area contributed by atoms with Gasteiger partial charge in [-0.25, -0.2) is 12.7 Å². The summed E-state index contributed by atoms with van der Waals surface area (Å²) in [4.78, 5) is 2.71. The van der Waals surface area contributed by atoms with Gasteiger partial charge < -0.3 is 0 Å². The van der Waals surface area contributed by atoms with Crippen molar-refractivity contribution in [3.63, 3.8) is 0 Å². The van der Waals surface area contributed by atoms with E-state index in [2.05, 4.69) is 35.2 Å². The molecule has 150 valence electrons. The number of benzene rings is 1. The summed E-state index contributed by atoms with van der Waals surface area (Å²) in [6, 6.07) is 12.1. The van der Waals surface area contributed by atoms with Crippen molar-refractivity contribution in [2.45, 2.75) is 70.4 Å². The monoisotopic (exact) mass is 390 g/mol. The van der Waals surface area contributed by atoms with Crippen molar-refractivity contribution >= 4 is 10.0 Å². The van der Waals surface area contributed by atoms with Crippen LogP contribution in [0.3, 0.4) is 0 Å². The SMILES string of the molecule is CCCS(=O)(=O)N1CCC(N2CC3(CCCCC3)C2c2ccccc2)CC1. The van der Waals surface area contributed by atoms with Crippen molar-refractivity contribution in [3.05, 3.63) is 35.9 Å². The molecule has 1 spiro atoms. The lowest BCUT2D eigenvalue weighted by Gasteiger charge is -2.63. The Hall–Kier alpha value is -0.910. The maximum absolute atomic E-state index is 12.4. The summed E-state index contributed by atoms with van der Waals surface area (Å²) < 4.78 is 26.5. The summed E-state index contributed by atoms with van der Waals surface area (Å²) in [5, 5.41) is 0. The van der Waals surface area contributed by atoms with E-state index in [1.165, 1.54) is 44.2 Å². The van der Waals surface area contributed by atoms with Gasteiger partial charge in [-0.05, 0) is 37.7 Å². The van der Waals surface area contributed by atoms with Crippen molar-refractivity contribution < 1.29 is 8.42 Å². The quantitative estimate of drug-likeness (QED) is 0.757. The van der Waals surface area contributed by atoms with Gasteiger partial charge in [-0.3, -0.25) is 4.90 Å². The van der Waals surface area contributed by atoms with Gasteiger partial charge in [0.1, 0.15) is 0 Å². The largest absolute Gasteiger partial charge is 0.292 e. The van der Waals surface area contributed by atoms with Gasteiger partial charge >= 0.3 is 0 Å². The van der Waals surface area contributed by atoms with E-state index in [1.54, 1.807) is 4.31 Å². The highest BCUT2D eigenvalue weighted by Crippen LogP contribution is 2.58. The third kappa shape index (κ3) is 3.70. The van der Waals surface area contributed by atoms with Crippen molar-refractivity contribution in [2.24, 2.45) is 5.41 Å². The van der Waals surface area contributed by atoms with Crippen LogP contribution in [-0.4, -0.2) is 49.1 Å². The molecule has 0 amide bonds. The first-order valence-electron chi connectivity index (χ1n) is 10.8. The Labute approximate surface area is 165 Å². The van der Waals surface area contributed by atoms with E-state index in [4.69, 9.17) is 0 Å². The summed E-state index contributed by atoms with van der Waals surface area (Å²) >= 11 is 0. The fraction of sp³-hybridized carbons (Fsp3) is 0.727. The molecule has 0 N–H and O–H groups in total. The third-order valence-corrected chi connectivity index (χ3v) is 9.20. The van der Waals surface area contributed by atoms with Crippen molar-refractivity contribution in [1.82, 2.24) is 9.21 Å². The highest BCUT2D eigenvalue weighted by molar-refractivity contribution is 7.89. The standard InChI is InChI=1S/C22H34N2O2S/c1-2-17-27(25,26)23-15-11-20(12-16-23)24-18-22(13-7-4-8-14-22)21(24)19-9-5-3-6-10-19/h3,5-6,9-10,20-21H,2,4,7-8,11-18H2,1H3. The van der Waals surface area contributed by atoms with E-state index in [0.29, 0.717) is 37.0 Å². The molecule has 0 aromatic heterocycles. The number of likely N-dealkylation sites (tertiary alicyclic amines) is 1. The van der Waals surface area contributed by atoms with Gasteiger partial charge in [0, 0.05) is 37.1 Å². The minimum Gasteiger partial charge on any atom is -0.292 e. The highest BCUT2D eigenvalue weighted by atomic mass is 32.2. The van der Waals surface area contributed by atoms with Gasteiger partial charge in [-0.2, -0.15) is 0 Å². The molecule has 2 saturated heterocycles. The van der Waals surface area contributed by atoms with Crippen LogP contribution in [0.2, 0.25) is 0 Å².